The van der Waals surface area contributed by atoms with Gasteiger partial charge >= 0.3 is 12.1 Å². The van der Waals surface area contributed by atoms with Crippen molar-refractivity contribution in [3.63, 3.8) is 0 Å². The van der Waals surface area contributed by atoms with Gasteiger partial charge in [0, 0.05) is 81.5 Å². The van der Waals surface area contributed by atoms with Gasteiger partial charge in [0.05, 0.1) is 17.4 Å². The molecule has 2 aliphatic heterocycles. The Morgan fingerprint density at radius 2 is 1.72 bits per heavy atom. The normalized spacial score (nSPS) is 18.3. The van der Waals surface area contributed by atoms with Crippen LogP contribution >= 0.6 is 0 Å². The van der Waals surface area contributed by atoms with E-state index >= 15 is 0 Å². The SMILES string of the molecule is CN=c1c2cc(-c3cccc(-c4cccc(Nc5nccc6cc(CN7CC[C@@H](O)C7)cnc56)c4C)c3C)oc2c(C(F)(F)F)cn1CCN1CC[C@@H](C(=O)O)C1. The number of aliphatic hydroxyl groups is 1. The molecule has 6 aromatic rings. The van der Waals surface area contributed by atoms with E-state index < -0.39 is 23.6 Å². The van der Waals surface area contributed by atoms with Gasteiger partial charge in [-0.25, -0.2) is 4.98 Å². The number of hydrogen-bond donors (Lipinski definition) is 3. The number of hydrogen-bond acceptors (Lipinski definition) is 9. The van der Waals surface area contributed by atoms with Crippen LogP contribution in [0.4, 0.5) is 24.7 Å². The molecule has 2 aliphatic rings. The maximum absolute atomic E-state index is 14.6. The molecule has 2 aromatic carbocycles. The zero-order valence-corrected chi connectivity index (χ0v) is 32.0. The van der Waals surface area contributed by atoms with E-state index in [9.17, 15) is 28.2 Å². The number of anilines is 2. The lowest BCUT2D eigenvalue weighted by atomic mass is 9.92. The molecule has 4 aromatic heterocycles. The van der Waals surface area contributed by atoms with E-state index in [0.717, 1.165) is 63.6 Å². The molecule has 0 unspecified atom stereocenters. The van der Waals surface area contributed by atoms with E-state index in [4.69, 9.17) is 9.40 Å². The number of furan rings is 1. The summed E-state index contributed by atoms with van der Waals surface area (Å²) in [4.78, 5) is 29.4. The fourth-order valence-electron chi connectivity index (χ4n) is 8.31. The lowest BCUT2D eigenvalue weighted by Gasteiger charge is -2.18. The third-order valence-electron chi connectivity index (χ3n) is 11.4. The van der Waals surface area contributed by atoms with Crippen LogP contribution in [0.2, 0.25) is 0 Å². The highest BCUT2D eigenvalue weighted by Gasteiger charge is 2.36. The molecule has 2 fully saturated rings. The highest BCUT2D eigenvalue weighted by molar-refractivity contribution is 5.92. The lowest BCUT2D eigenvalue weighted by Crippen LogP contribution is -2.31. The fraction of sp³-hybridized carbons (Fsp3) is 0.349. The molecule has 0 radical (unpaired) electrons. The van der Waals surface area contributed by atoms with Crippen molar-refractivity contribution in [2.45, 2.75) is 52.1 Å². The van der Waals surface area contributed by atoms with Crippen molar-refractivity contribution >= 4 is 39.3 Å². The standard InChI is InChI=1S/C43H44F3N7O4/c1-25-31(32-7-5-9-36(26(32)2)50-40-38-28(10-13-48-40)18-27(20-49-38)21-52-15-12-30(54)23-52)6-4-8-33(25)37-19-34-39(57-37)35(43(44,45)46)24-53(41(34)47-3)17-16-51-14-11-29(22-51)42(55)56/h4-10,13,18-20,24,29-30,54H,11-12,14-17,21-23H2,1-3H3,(H,48,50)(H,55,56)/t29-,30-/m1/s1. The number of nitrogens with zero attached hydrogens (tertiary/aromatic N) is 6. The van der Waals surface area contributed by atoms with Crippen molar-refractivity contribution in [1.29, 1.82) is 0 Å². The molecule has 3 N–H and O–H groups in total. The topological polar surface area (TPSA) is 132 Å². The van der Waals surface area contributed by atoms with Gasteiger partial charge in [-0.2, -0.15) is 13.2 Å². The van der Waals surface area contributed by atoms with E-state index in [1.807, 2.05) is 67.4 Å². The van der Waals surface area contributed by atoms with Crippen LogP contribution in [-0.2, 0) is 24.1 Å². The summed E-state index contributed by atoms with van der Waals surface area (Å²) in [6.07, 6.45) is 0.969. The zero-order chi connectivity index (χ0) is 40.0. The lowest BCUT2D eigenvalue weighted by molar-refractivity contribution is -0.141. The second kappa shape index (κ2) is 15.4. The maximum atomic E-state index is 14.6. The molecule has 6 heterocycles. The molecule has 8 rings (SSSR count). The van der Waals surface area contributed by atoms with Gasteiger partial charge < -0.3 is 29.4 Å². The molecule has 0 saturated carbocycles. The minimum atomic E-state index is -4.69. The van der Waals surface area contributed by atoms with Crippen molar-refractivity contribution in [1.82, 2.24) is 24.3 Å². The molecule has 11 nitrogen and oxygen atoms in total. The van der Waals surface area contributed by atoms with Gasteiger partial charge in [-0.15, -0.1) is 0 Å². The summed E-state index contributed by atoms with van der Waals surface area (Å²) in [5.74, 6) is -0.434. The summed E-state index contributed by atoms with van der Waals surface area (Å²) in [6.45, 7) is 7.69. The predicted molar refractivity (Wildman–Crippen MR) is 212 cm³/mol. The summed E-state index contributed by atoms with van der Waals surface area (Å²) in [5, 5.41) is 24.0. The van der Waals surface area contributed by atoms with Gasteiger partial charge in [-0.05, 0) is 85.3 Å². The average molecular weight is 780 g/mol. The number of β-amino-alcohol motifs (C(OH)–C–C–N with tert-alkyl or cyclic N) is 1. The average Bonchev–Trinajstić information content (AvgIpc) is 3.94. The minimum Gasteiger partial charge on any atom is -0.481 e. The molecular formula is C43H44F3N7O4. The van der Waals surface area contributed by atoms with E-state index in [1.165, 1.54) is 4.57 Å². The van der Waals surface area contributed by atoms with E-state index in [2.05, 4.69) is 26.3 Å². The number of nitrogens with one attached hydrogen (secondary N) is 1. The van der Waals surface area contributed by atoms with Crippen LogP contribution in [0.15, 0.2) is 82.6 Å². The predicted octanol–water partition coefficient (Wildman–Crippen LogP) is 7.39. The number of carboxylic acids is 1. The molecule has 296 valence electrons. The number of alkyl halides is 3. The van der Waals surface area contributed by atoms with Crippen molar-refractivity contribution in [3.8, 4) is 22.5 Å². The number of aliphatic hydroxyl groups excluding tert-OH is 1. The Kier molecular flexibility index (Phi) is 10.4. The first-order valence-electron chi connectivity index (χ1n) is 19.1. The molecule has 14 heteroatoms. The van der Waals surface area contributed by atoms with Crippen LogP contribution < -0.4 is 10.8 Å². The number of carboxylic acid groups (broad SMARTS) is 1. The number of carbonyl (C=O) groups is 1. The number of pyridine rings is 3. The van der Waals surface area contributed by atoms with E-state index in [1.54, 1.807) is 19.3 Å². The summed E-state index contributed by atoms with van der Waals surface area (Å²) in [6, 6.07) is 17.3. The quantitative estimate of drug-likeness (QED) is 0.130. The van der Waals surface area contributed by atoms with Gasteiger partial charge in [0.1, 0.15) is 22.3 Å². The molecule has 0 bridgehead atoms. The van der Waals surface area contributed by atoms with Gasteiger partial charge in [0.25, 0.3) is 0 Å². The molecule has 0 amide bonds. The maximum Gasteiger partial charge on any atom is 0.421 e. The first-order valence-corrected chi connectivity index (χ1v) is 19.1. The largest absolute Gasteiger partial charge is 0.481 e. The van der Waals surface area contributed by atoms with Gasteiger partial charge in [-0.3, -0.25) is 19.7 Å². The monoisotopic (exact) mass is 779 g/mol. The van der Waals surface area contributed by atoms with Gasteiger partial charge in [-0.1, -0.05) is 30.3 Å². The molecule has 2 atom stereocenters. The number of aromatic nitrogens is 3. The Morgan fingerprint density at radius 1 is 0.965 bits per heavy atom. The number of halogens is 3. The molecule has 0 spiro atoms. The number of aliphatic carboxylic acids is 1. The van der Waals surface area contributed by atoms with Crippen LogP contribution in [0.1, 0.15) is 35.1 Å². The zero-order valence-electron chi connectivity index (χ0n) is 32.0. The van der Waals surface area contributed by atoms with Crippen molar-refractivity contribution < 1.29 is 32.6 Å². The first-order chi connectivity index (χ1) is 27.4. The highest BCUT2D eigenvalue weighted by atomic mass is 19.4. The van der Waals surface area contributed by atoms with Crippen molar-refractivity contribution in [2.75, 3.05) is 45.1 Å². The Labute approximate surface area is 327 Å². The Morgan fingerprint density at radius 3 is 2.44 bits per heavy atom. The van der Waals surface area contributed by atoms with Crippen LogP contribution in [0.3, 0.4) is 0 Å². The third kappa shape index (κ3) is 7.64. The first kappa shape index (κ1) is 38.3. The second-order valence-corrected chi connectivity index (χ2v) is 15.1. The Bertz CT molecular complexity index is 2570. The molecule has 0 aliphatic carbocycles. The van der Waals surface area contributed by atoms with Gasteiger partial charge in [0.2, 0.25) is 0 Å². The molecular weight excluding hydrogens is 736 g/mol. The molecule has 2 saturated heterocycles. The Balaban J connectivity index is 1.10. The van der Waals surface area contributed by atoms with Crippen LogP contribution in [0, 0.1) is 19.8 Å². The van der Waals surface area contributed by atoms with Gasteiger partial charge in [0.15, 0.2) is 11.4 Å². The van der Waals surface area contributed by atoms with E-state index in [0.29, 0.717) is 61.8 Å². The Hall–Kier alpha value is -5.57. The van der Waals surface area contributed by atoms with Crippen molar-refractivity contribution in [2.24, 2.45) is 10.9 Å². The van der Waals surface area contributed by atoms with Crippen molar-refractivity contribution in [3.05, 3.63) is 101 Å². The van der Waals surface area contributed by atoms with Crippen LogP contribution in [0.5, 0.6) is 0 Å². The summed E-state index contributed by atoms with van der Waals surface area (Å²) in [7, 11) is 1.54. The van der Waals surface area contributed by atoms with Crippen LogP contribution in [0.25, 0.3) is 44.3 Å². The molecule has 57 heavy (non-hydrogen) atoms. The summed E-state index contributed by atoms with van der Waals surface area (Å²) in [5.41, 5.74) is 6.06. The second-order valence-electron chi connectivity index (χ2n) is 15.1. The minimum absolute atomic E-state index is 0.201. The van der Waals surface area contributed by atoms with E-state index in [-0.39, 0.29) is 23.6 Å². The number of likely N-dealkylation sites (tertiary alicyclic amines) is 2. The number of rotatable bonds is 10. The number of fused-ring (bicyclic) bond motifs is 2. The highest BCUT2D eigenvalue weighted by Crippen LogP contribution is 2.40. The summed E-state index contributed by atoms with van der Waals surface area (Å²) < 4.78 is 51.5. The smallest absolute Gasteiger partial charge is 0.421 e. The van der Waals surface area contributed by atoms with Crippen LogP contribution in [-0.4, -0.2) is 86.4 Å². The summed E-state index contributed by atoms with van der Waals surface area (Å²) >= 11 is 0. The number of benzene rings is 2. The third-order valence-corrected chi connectivity index (χ3v) is 11.4. The fourth-order valence-corrected chi connectivity index (χ4v) is 8.31.